The molecule has 1 aliphatic rings. The molecule has 0 aromatic heterocycles. The van der Waals surface area contributed by atoms with E-state index in [2.05, 4.69) is 12.2 Å². The first-order valence-electron chi connectivity index (χ1n) is 6.12. The largest absolute Gasteiger partial charge is 0.379 e. The summed E-state index contributed by atoms with van der Waals surface area (Å²) in [6.07, 6.45) is 1.57. The molecule has 0 saturated carbocycles. The summed E-state index contributed by atoms with van der Waals surface area (Å²) in [5, 5.41) is 3.47. The number of hydrogen-bond acceptors (Lipinski definition) is 3. The van der Waals surface area contributed by atoms with Gasteiger partial charge in [-0.25, -0.2) is 0 Å². The maximum absolute atomic E-state index is 11.5. The molecule has 3 heteroatoms. The van der Waals surface area contributed by atoms with Crippen LogP contribution in [0.5, 0.6) is 0 Å². The Morgan fingerprint density at radius 2 is 2.12 bits per heavy atom. The third-order valence-corrected chi connectivity index (χ3v) is 3.19. The zero-order chi connectivity index (χ0) is 12.3. The van der Waals surface area contributed by atoms with E-state index in [-0.39, 0.29) is 11.3 Å². The van der Waals surface area contributed by atoms with E-state index in [4.69, 9.17) is 4.74 Å². The van der Waals surface area contributed by atoms with Crippen LogP contribution in [0.15, 0.2) is 24.3 Å². The normalized spacial score (nSPS) is 23.6. The van der Waals surface area contributed by atoms with Crippen LogP contribution in [0.25, 0.3) is 0 Å². The number of Topliss-reactive ketones (excluding diaryl/α,β-unsaturated/α-hetero) is 1. The van der Waals surface area contributed by atoms with Gasteiger partial charge in [0.25, 0.3) is 0 Å². The van der Waals surface area contributed by atoms with Gasteiger partial charge in [-0.3, -0.25) is 4.79 Å². The van der Waals surface area contributed by atoms with E-state index >= 15 is 0 Å². The second kappa shape index (κ2) is 4.88. The lowest BCUT2D eigenvalue weighted by Crippen LogP contribution is -2.34. The van der Waals surface area contributed by atoms with Gasteiger partial charge in [0.15, 0.2) is 5.78 Å². The third kappa shape index (κ3) is 2.86. The van der Waals surface area contributed by atoms with E-state index in [0.29, 0.717) is 6.42 Å². The summed E-state index contributed by atoms with van der Waals surface area (Å²) in [5.74, 6) is 0.187. The number of carbonyl (C=O) groups excluding carboxylic acids is 1. The molecule has 1 unspecified atom stereocenters. The highest BCUT2D eigenvalue weighted by Crippen LogP contribution is 2.24. The SMILES string of the molecule is CCC(=O)c1ccc(NC2(C)CCOC2)cc1. The molecule has 2 rings (SSSR count). The van der Waals surface area contributed by atoms with Gasteiger partial charge >= 0.3 is 0 Å². The molecule has 1 fully saturated rings. The minimum Gasteiger partial charge on any atom is -0.379 e. The second-order valence-electron chi connectivity index (χ2n) is 4.84. The maximum atomic E-state index is 11.5. The van der Waals surface area contributed by atoms with Crippen molar-refractivity contribution in [2.24, 2.45) is 0 Å². The first-order valence-corrected chi connectivity index (χ1v) is 6.12. The van der Waals surface area contributed by atoms with Gasteiger partial charge in [0.1, 0.15) is 0 Å². The monoisotopic (exact) mass is 233 g/mol. The number of anilines is 1. The second-order valence-corrected chi connectivity index (χ2v) is 4.84. The highest BCUT2D eigenvalue weighted by Gasteiger charge is 2.29. The average molecular weight is 233 g/mol. The zero-order valence-electron chi connectivity index (χ0n) is 10.5. The van der Waals surface area contributed by atoms with E-state index < -0.39 is 0 Å². The molecule has 0 amide bonds. The Balaban J connectivity index is 2.05. The Morgan fingerprint density at radius 3 is 2.65 bits per heavy atom. The van der Waals surface area contributed by atoms with Crippen molar-refractivity contribution in [1.82, 2.24) is 0 Å². The van der Waals surface area contributed by atoms with Crippen molar-refractivity contribution in [3.8, 4) is 0 Å². The van der Waals surface area contributed by atoms with Gasteiger partial charge in [0, 0.05) is 24.3 Å². The van der Waals surface area contributed by atoms with Crippen molar-refractivity contribution in [2.45, 2.75) is 32.2 Å². The van der Waals surface area contributed by atoms with Gasteiger partial charge in [0.2, 0.25) is 0 Å². The summed E-state index contributed by atoms with van der Waals surface area (Å²) in [7, 11) is 0. The maximum Gasteiger partial charge on any atom is 0.162 e. The molecule has 1 aromatic rings. The molecule has 1 aromatic carbocycles. The van der Waals surface area contributed by atoms with Crippen LogP contribution >= 0.6 is 0 Å². The van der Waals surface area contributed by atoms with Crippen molar-refractivity contribution in [2.75, 3.05) is 18.5 Å². The minimum atomic E-state index is 0.0241. The molecule has 0 radical (unpaired) electrons. The molecule has 1 saturated heterocycles. The van der Waals surface area contributed by atoms with Gasteiger partial charge in [-0.15, -0.1) is 0 Å². The molecule has 0 aliphatic carbocycles. The number of carbonyl (C=O) groups is 1. The fourth-order valence-corrected chi connectivity index (χ4v) is 2.06. The van der Waals surface area contributed by atoms with E-state index in [1.165, 1.54) is 0 Å². The van der Waals surface area contributed by atoms with Crippen molar-refractivity contribution in [1.29, 1.82) is 0 Å². The lowest BCUT2D eigenvalue weighted by molar-refractivity contribution is 0.0988. The van der Waals surface area contributed by atoms with Gasteiger partial charge in [-0.2, -0.15) is 0 Å². The molecule has 0 bridgehead atoms. The molecule has 1 aliphatic heterocycles. The number of ether oxygens (including phenoxy) is 1. The number of hydrogen-bond donors (Lipinski definition) is 1. The lowest BCUT2D eigenvalue weighted by atomic mass is 10.0. The number of benzene rings is 1. The van der Waals surface area contributed by atoms with Gasteiger partial charge in [0.05, 0.1) is 12.1 Å². The van der Waals surface area contributed by atoms with Crippen molar-refractivity contribution < 1.29 is 9.53 Å². The van der Waals surface area contributed by atoms with Crippen LogP contribution in [-0.4, -0.2) is 24.5 Å². The Labute approximate surface area is 102 Å². The number of rotatable bonds is 4. The smallest absolute Gasteiger partial charge is 0.162 e. The van der Waals surface area contributed by atoms with Crippen LogP contribution in [0.1, 0.15) is 37.0 Å². The lowest BCUT2D eigenvalue weighted by Gasteiger charge is -2.25. The van der Waals surface area contributed by atoms with E-state index in [1.54, 1.807) is 0 Å². The van der Waals surface area contributed by atoms with Crippen LogP contribution in [0.2, 0.25) is 0 Å². The van der Waals surface area contributed by atoms with Crippen LogP contribution in [0.3, 0.4) is 0 Å². The summed E-state index contributed by atoms with van der Waals surface area (Å²) < 4.78 is 5.40. The van der Waals surface area contributed by atoms with Crippen LogP contribution in [0, 0.1) is 0 Å². The van der Waals surface area contributed by atoms with Crippen LogP contribution in [-0.2, 0) is 4.74 Å². The summed E-state index contributed by atoms with van der Waals surface area (Å²) in [6.45, 7) is 5.59. The molecule has 3 nitrogen and oxygen atoms in total. The van der Waals surface area contributed by atoms with Gasteiger partial charge in [-0.05, 0) is 37.6 Å². The van der Waals surface area contributed by atoms with Crippen molar-refractivity contribution in [3.05, 3.63) is 29.8 Å². The molecule has 92 valence electrons. The Kier molecular flexibility index (Phi) is 3.48. The highest BCUT2D eigenvalue weighted by molar-refractivity contribution is 5.96. The molecule has 0 spiro atoms. The Morgan fingerprint density at radius 1 is 1.41 bits per heavy atom. The fraction of sp³-hybridized carbons (Fsp3) is 0.500. The first kappa shape index (κ1) is 12.1. The fourth-order valence-electron chi connectivity index (χ4n) is 2.06. The topological polar surface area (TPSA) is 38.3 Å². The predicted octanol–water partition coefficient (Wildman–Crippen LogP) is 2.87. The van der Waals surface area contributed by atoms with Gasteiger partial charge in [-0.1, -0.05) is 6.92 Å². The Hall–Kier alpha value is -1.35. The average Bonchev–Trinajstić information content (AvgIpc) is 2.76. The first-order chi connectivity index (χ1) is 8.13. The minimum absolute atomic E-state index is 0.0241. The van der Waals surface area contributed by atoms with Crippen LogP contribution < -0.4 is 5.32 Å². The summed E-state index contributed by atoms with van der Waals surface area (Å²) in [6, 6.07) is 7.69. The molecular formula is C14H19NO2. The van der Waals surface area contributed by atoms with E-state index in [1.807, 2.05) is 31.2 Å². The third-order valence-electron chi connectivity index (χ3n) is 3.19. The summed E-state index contributed by atoms with van der Waals surface area (Å²) >= 11 is 0. The number of ketones is 1. The highest BCUT2D eigenvalue weighted by atomic mass is 16.5. The van der Waals surface area contributed by atoms with Crippen molar-refractivity contribution >= 4 is 11.5 Å². The number of nitrogens with one attached hydrogen (secondary N) is 1. The van der Waals surface area contributed by atoms with Crippen LogP contribution in [0.4, 0.5) is 5.69 Å². The quantitative estimate of drug-likeness (QED) is 0.813. The van der Waals surface area contributed by atoms with Crippen molar-refractivity contribution in [3.63, 3.8) is 0 Å². The predicted molar refractivity (Wildman–Crippen MR) is 68.5 cm³/mol. The molecule has 1 atom stereocenters. The summed E-state index contributed by atoms with van der Waals surface area (Å²) in [4.78, 5) is 11.5. The standard InChI is InChI=1S/C14H19NO2/c1-3-13(16)11-4-6-12(7-5-11)15-14(2)8-9-17-10-14/h4-7,15H,3,8-10H2,1-2H3. The molecular weight excluding hydrogens is 214 g/mol. The molecule has 1 N–H and O–H groups in total. The Bertz CT molecular complexity index is 391. The molecule has 17 heavy (non-hydrogen) atoms. The van der Waals surface area contributed by atoms with E-state index in [9.17, 15) is 4.79 Å². The van der Waals surface area contributed by atoms with E-state index in [0.717, 1.165) is 30.9 Å². The van der Waals surface area contributed by atoms with Gasteiger partial charge < -0.3 is 10.1 Å². The zero-order valence-corrected chi connectivity index (χ0v) is 10.5. The molecule has 1 heterocycles. The summed E-state index contributed by atoms with van der Waals surface area (Å²) in [5.41, 5.74) is 1.85.